The number of sulfone groups is 1. The molecule has 2 unspecified atom stereocenters. The summed E-state index contributed by atoms with van der Waals surface area (Å²) in [5, 5.41) is -1.09. The van der Waals surface area contributed by atoms with E-state index in [4.69, 9.17) is 11.5 Å². The number of anilines is 1. The number of halogens is 3. The van der Waals surface area contributed by atoms with Crippen molar-refractivity contribution in [2.75, 3.05) is 12.0 Å². The van der Waals surface area contributed by atoms with Gasteiger partial charge >= 0.3 is 6.18 Å². The fourth-order valence-electron chi connectivity index (χ4n) is 4.43. The maximum absolute atomic E-state index is 14.4. The molecule has 34 heavy (non-hydrogen) atoms. The van der Waals surface area contributed by atoms with Crippen LogP contribution in [0.15, 0.2) is 24.4 Å². The molecule has 2 aliphatic rings. The Balaban J connectivity index is 1.89. The summed E-state index contributed by atoms with van der Waals surface area (Å²) in [7, 11) is -8.43. The van der Waals surface area contributed by atoms with Crippen LogP contribution in [0.25, 0.3) is 5.57 Å². The number of aromatic nitrogens is 2. The second kappa shape index (κ2) is 9.21. The van der Waals surface area contributed by atoms with E-state index >= 15 is 0 Å². The topological polar surface area (TPSA) is 158 Å². The highest BCUT2D eigenvalue weighted by Gasteiger charge is 2.63. The number of sulfonamides is 1. The fourth-order valence-corrected chi connectivity index (χ4v) is 7.19. The quantitative estimate of drug-likeness (QED) is 0.509. The zero-order valence-electron chi connectivity index (χ0n) is 18.7. The zero-order valence-corrected chi connectivity index (χ0v) is 20.3. The Morgan fingerprint density at radius 3 is 2.32 bits per heavy atom. The van der Waals surface area contributed by atoms with Crippen molar-refractivity contribution in [3.05, 3.63) is 35.7 Å². The van der Waals surface area contributed by atoms with Crippen molar-refractivity contribution < 1.29 is 30.0 Å². The molecule has 190 valence electrons. The van der Waals surface area contributed by atoms with E-state index in [1.165, 1.54) is 18.3 Å². The van der Waals surface area contributed by atoms with Crippen LogP contribution in [-0.2, 0) is 19.9 Å². The molecule has 0 aliphatic heterocycles. The molecule has 9 nitrogen and oxygen atoms in total. The molecule has 1 heterocycles. The molecule has 0 saturated heterocycles. The molecule has 0 bridgehead atoms. The summed E-state index contributed by atoms with van der Waals surface area (Å²) in [6, 6.07) is -0.767. The molecule has 1 aromatic heterocycles. The molecule has 2 atom stereocenters. The number of nitrogens with two attached hydrogens (primary N) is 2. The first-order valence-electron chi connectivity index (χ1n) is 10.6. The van der Waals surface area contributed by atoms with Crippen molar-refractivity contribution in [1.82, 2.24) is 14.7 Å². The summed E-state index contributed by atoms with van der Waals surface area (Å²) in [5.74, 6) is -0.436. The number of hydrogen-bond donors (Lipinski definition) is 3. The standard InChI is InChI=1S/C20H28F3N5O4S2/c1-12-16(11-26-18(25)27-12)14-4-3-9-19(10-14,20(21,22)23)34(31,32)28-15-7-5-13(6-8-15)17(24)33(2,29)30/h3-4,10-11,13,15,17,28H,5-9,24H2,1-2H3,(H2,25,26,27)/t13-,15-,17?,19?. The molecular weight excluding hydrogens is 495 g/mol. The number of allylic oxidation sites excluding steroid dienone is 3. The van der Waals surface area contributed by atoms with E-state index in [0.717, 1.165) is 6.26 Å². The van der Waals surface area contributed by atoms with Crippen molar-refractivity contribution in [2.24, 2.45) is 11.7 Å². The Labute approximate surface area is 196 Å². The van der Waals surface area contributed by atoms with Crippen LogP contribution in [0, 0.1) is 12.8 Å². The van der Waals surface area contributed by atoms with E-state index in [2.05, 4.69) is 14.7 Å². The molecule has 1 fully saturated rings. The predicted octanol–water partition coefficient (Wildman–Crippen LogP) is 1.82. The van der Waals surface area contributed by atoms with Gasteiger partial charge in [0.25, 0.3) is 0 Å². The molecule has 3 rings (SSSR count). The number of hydrogen-bond acceptors (Lipinski definition) is 8. The van der Waals surface area contributed by atoms with Crippen LogP contribution in [0.1, 0.15) is 43.4 Å². The average molecular weight is 524 g/mol. The van der Waals surface area contributed by atoms with Crippen molar-refractivity contribution in [2.45, 2.75) is 61.4 Å². The molecule has 0 aromatic carbocycles. The van der Waals surface area contributed by atoms with E-state index in [0.29, 0.717) is 11.8 Å². The van der Waals surface area contributed by atoms with E-state index in [9.17, 15) is 30.0 Å². The smallest absolute Gasteiger partial charge is 0.368 e. The Bertz CT molecular complexity index is 1210. The lowest BCUT2D eigenvalue weighted by molar-refractivity contribution is -0.149. The third kappa shape index (κ3) is 5.14. The zero-order chi connectivity index (χ0) is 25.5. The van der Waals surface area contributed by atoms with Crippen LogP contribution in [0.2, 0.25) is 0 Å². The Morgan fingerprint density at radius 1 is 1.18 bits per heavy atom. The normalized spacial score (nSPS) is 27.3. The minimum Gasteiger partial charge on any atom is -0.368 e. The average Bonchev–Trinajstić information content (AvgIpc) is 2.72. The summed E-state index contributed by atoms with van der Waals surface area (Å²) in [4.78, 5) is 7.76. The molecule has 1 aromatic rings. The summed E-state index contributed by atoms with van der Waals surface area (Å²) in [6.45, 7) is 1.54. The van der Waals surface area contributed by atoms with Crippen LogP contribution in [0.3, 0.4) is 0 Å². The number of alkyl halides is 3. The molecule has 1 saturated carbocycles. The van der Waals surface area contributed by atoms with Gasteiger partial charge in [0.2, 0.25) is 20.7 Å². The third-order valence-electron chi connectivity index (χ3n) is 6.43. The summed E-state index contributed by atoms with van der Waals surface area (Å²) >= 11 is 0. The van der Waals surface area contributed by atoms with Crippen LogP contribution in [-0.4, -0.2) is 55.4 Å². The molecule has 0 amide bonds. The highest BCUT2D eigenvalue weighted by Crippen LogP contribution is 2.45. The number of nitrogens with zero attached hydrogens (tertiary/aromatic N) is 2. The van der Waals surface area contributed by atoms with Crippen LogP contribution in [0.4, 0.5) is 19.1 Å². The van der Waals surface area contributed by atoms with Crippen molar-refractivity contribution in [3.63, 3.8) is 0 Å². The first-order valence-corrected chi connectivity index (χ1v) is 14.0. The van der Waals surface area contributed by atoms with Gasteiger partial charge in [-0.1, -0.05) is 12.2 Å². The lowest BCUT2D eigenvalue weighted by Gasteiger charge is -2.37. The number of nitrogens with one attached hydrogen (secondary N) is 1. The van der Waals surface area contributed by atoms with Gasteiger partial charge in [0.1, 0.15) is 5.37 Å². The highest BCUT2D eigenvalue weighted by atomic mass is 32.2. The van der Waals surface area contributed by atoms with Crippen molar-refractivity contribution in [3.8, 4) is 0 Å². The van der Waals surface area contributed by atoms with Crippen molar-refractivity contribution in [1.29, 1.82) is 0 Å². The SMILES string of the molecule is Cc1nc(N)ncc1C1=CC(C(F)(F)F)(S(=O)(=O)N[C@H]2CC[C@H](C(N)S(C)(=O)=O)CC2)CC=C1. The van der Waals surface area contributed by atoms with Gasteiger partial charge in [0.05, 0.1) is 5.69 Å². The van der Waals surface area contributed by atoms with Gasteiger partial charge in [0.15, 0.2) is 9.84 Å². The lowest BCUT2D eigenvalue weighted by atomic mass is 9.86. The maximum Gasteiger partial charge on any atom is 0.413 e. The van der Waals surface area contributed by atoms with Gasteiger partial charge in [0, 0.05) is 24.1 Å². The van der Waals surface area contributed by atoms with Gasteiger partial charge in [-0.2, -0.15) is 13.2 Å². The first-order chi connectivity index (χ1) is 15.6. The van der Waals surface area contributed by atoms with Crippen LogP contribution in [0.5, 0.6) is 0 Å². The molecule has 0 spiro atoms. The van der Waals surface area contributed by atoms with Gasteiger partial charge < -0.3 is 11.5 Å². The van der Waals surface area contributed by atoms with E-state index in [-0.39, 0.29) is 48.7 Å². The highest BCUT2D eigenvalue weighted by molar-refractivity contribution is 7.91. The Kier molecular flexibility index (Phi) is 7.19. The minimum atomic E-state index is -5.12. The van der Waals surface area contributed by atoms with Gasteiger partial charge in [-0.25, -0.2) is 31.5 Å². The van der Waals surface area contributed by atoms with E-state index in [1.54, 1.807) is 6.92 Å². The first kappa shape index (κ1) is 26.6. The molecular formula is C20H28F3N5O4S2. The second-order valence-corrected chi connectivity index (χ2v) is 13.0. The third-order valence-corrected chi connectivity index (χ3v) is 9.92. The molecule has 0 radical (unpaired) electrons. The minimum absolute atomic E-state index is 0.0225. The Hall–Kier alpha value is -2.03. The van der Waals surface area contributed by atoms with Crippen molar-refractivity contribution >= 4 is 31.4 Å². The second-order valence-electron chi connectivity index (χ2n) is 8.85. The number of aryl methyl sites for hydroxylation is 1. The number of nitrogen functional groups attached to an aromatic ring is 1. The van der Waals surface area contributed by atoms with Crippen LogP contribution >= 0.6 is 0 Å². The lowest BCUT2D eigenvalue weighted by Crippen LogP contribution is -2.57. The van der Waals surface area contributed by atoms with Gasteiger partial charge in [-0.3, -0.25) is 0 Å². The van der Waals surface area contributed by atoms with E-state index < -0.39 is 48.6 Å². The summed E-state index contributed by atoms with van der Waals surface area (Å²) < 4.78 is 92.0. The largest absolute Gasteiger partial charge is 0.413 e. The molecule has 5 N–H and O–H groups in total. The predicted molar refractivity (Wildman–Crippen MR) is 122 cm³/mol. The maximum atomic E-state index is 14.4. The fraction of sp³-hybridized carbons (Fsp3) is 0.600. The van der Waals surface area contributed by atoms with Crippen LogP contribution < -0.4 is 16.2 Å². The Morgan fingerprint density at radius 2 is 1.79 bits per heavy atom. The summed E-state index contributed by atoms with van der Waals surface area (Å²) in [5.41, 5.74) is 11.9. The monoisotopic (exact) mass is 523 g/mol. The van der Waals surface area contributed by atoms with Gasteiger partial charge in [-0.15, -0.1) is 0 Å². The van der Waals surface area contributed by atoms with E-state index in [1.807, 2.05) is 0 Å². The van der Waals surface area contributed by atoms with Gasteiger partial charge in [-0.05, 0) is 56.6 Å². The molecule has 2 aliphatic carbocycles. The summed E-state index contributed by atoms with van der Waals surface area (Å²) in [6.07, 6.45) is 0.553. The number of rotatable bonds is 6. The molecule has 14 heteroatoms.